The number of nitrogens with one attached hydrogen (secondary N) is 1. The van der Waals surface area contributed by atoms with Gasteiger partial charge in [-0.2, -0.15) is 4.98 Å². The van der Waals surface area contributed by atoms with E-state index in [4.69, 9.17) is 4.52 Å². The fourth-order valence-electron chi connectivity index (χ4n) is 1.49. The first-order valence-electron chi connectivity index (χ1n) is 5.35. The predicted octanol–water partition coefficient (Wildman–Crippen LogP) is 1.78. The van der Waals surface area contributed by atoms with E-state index in [1.165, 1.54) is 25.6 Å². The molecule has 0 amide bonds. The van der Waals surface area contributed by atoms with Gasteiger partial charge in [-0.15, -0.1) is 0 Å². The van der Waals surface area contributed by atoms with E-state index in [2.05, 4.69) is 29.3 Å². The fraction of sp³-hybridized carbons (Fsp3) is 0.800. The number of hydrogen-bond donors (Lipinski definition) is 1. The molecule has 14 heavy (non-hydrogen) atoms. The molecule has 0 aliphatic carbocycles. The smallest absolute Gasteiger partial charge is 0.227 e. The molecule has 1 atom stereocenters. The highest BCUT2D eigenvalue weighted by atomic mass is 16.5. The maximum Gasteiger partial charge on any atom is 0.227 e. The van der Waals surface area contributed by atoms with Crippen molar-refractivity contribution in [3.05, 3.63) is 12.2 Å². The maximum absolute atomic E-state index is 4.91. The van der Waals surface area contributed by atoms with E-state index in [-0.39, 0.29) is 0 Å². The second kappa shape index (κ2) is 6.54. The van der Waals surface area contributed by atoms with Crippen molar-refractivity contribution < 1.29 is 4.52 Å². The molecule has 1 N–H and O–H groups in total. The van der Waals surface area contributed by atoms with E-state index < -0.39 is 0 Å². The van der Waals surface area contributed by atoms with Crippen molar-refractivity contribution in [2.45, 2.75) is 45.6 Å². The molecule has 0 aliphatic rings. The van der Waals surface area contributed by atoms with Crippen molar-refractivity contribution in [3.63, 3.8) is 0 Å². The maximum atomic E-state index is 4.91. The summed E-state index contributed by atoms with van der Waals surface area (Å²) in [5, 5.41) is 7.04. The van der Waals surface area contributed by atoms with E-state index in [1.54, 1.807) is 0 Å². The molecule has 1 rings (SSSR count). The molecule has 1 unspecified atom stereocenters. The minimum atomic E-state index is 0.628. The van der Waals surface area contributed by atoms with Crippen LogP contribution >= 0.6 is 0 Å². The van der Waals surface area contributed by atoms with Gasteiger partial charge in [0.1, 0.15) is 0 Å². The van der Waals surface area contributed by atoms with Crippen molar-refractivity contribution in [2.24, 2.45) is 0 Å². The molecular weight excluding hydrogens is 178 g/mol. The molecule has 0 saturated heterocycles. The SMILES string of the molecule is CCCC(CC)NCCc1ncno1. The number of hydrogen-bond acceptors (Lipinski definition) is 4. The Labute approximate surface area is 85.1 Å². The first-order chi connectivity index (χ1) is 6.86. The van der Waals surface area contributed by atoms with Gasteiger partial charge in [0.25, 0.3) is 0 Å². The van der Waals surface area contributed by atoms with Crippen molar-refractivity contribution in [1.29, 1.82) is 0 Å². The first-order valence-corrected chi connectivity index (χ1v) is 5.35. The summed E-state index contributed by atoms with van der Waals surface area (Å²) in [7, 11) is 0. The summed E-state index contributed by atoms with van der Waals surface area (Å²) in [4.78, 5) is 3.97. The molecule has 0 aliphatic heterocycles. The Morgan fingerprint density at radius 1 is 1.50 bits per heavy atom. The Morgan fingerprint density at radius 3 is 2.93 bits per heavy atom. The van der Waals surface area contributed by atoms with Crippen LogP contribution in [0, 0.1) is 0 Å². The van der Waals surface area contributed by atoms with Crippen LogP contribution in [0.4, 0.5) is 0 Å². The molecule has 0 aromatic carbocycles. The summed E-state index contributed by atoms with van der Waals surface area (Å²) in [5.74, 6) is 0.712. The summed E-state index contributed by atoms with van der Waals surface area (Å²) >= 11 is 0. The standard InChI is InChI=1S/C10H19N3O/c1-3-5-9(4-2)11-7-6-10-12-8-13-14-10/h8-9,11H,3-7H2,1-2H3. The van der Waals surface area contributed by atoms with Gasteiger partial charge in [-0.3, -0.25) is 0 Å². The summed E-state index contributed by atoms with van der Waals surface area (Å²) in [5.41, 5.74) is 0. The van der Waals surface area contributed by atoms with E-state index in [1.807, 2.05) is 0 Å². The zero-order chi connectivity index (χ0) is 10.2. The molecule has 4 heteroatoms. The van der Waals surface area contributed by atoms with Crippen LogP contribution in [-0.4, -0.2) is 22.7 Å². The average Bonchev–Trinajstić information content (AvgIpc) is 2.69. The van der Waals surface area contributed by atoms with Gasteiger partial charge in [-0.05, 0) is 12.8 Å². The van der Waals surface area contributed by atoms with Crippen molar-refractivity contribution in [3.8, 4) is 0 Å². The Balaban J connectivity index is 2.13. The van der Waals surface area contributed by atoms with Crippen LogP contribution in [0.5, 0.6) is 0 Å². The van der Waals surface area contributed by atoms with Crippen LogP contribution in [0.3, 0.4) is 0 Å². The highest BCUT2D eigenvalue weighted by Crippen LogP contribution is 2.01. The first kappa shape index (κ1) is 11.2. The molecule has 0 spiro atoms. The zero-order valence-electron chi connectivity index (χ0n) is 8.99. The average molecular weight is 197 g/mol. The van der Waals surface area contributed by atoms with Crippen molar-refractivity contribution >= 4 is 0 Å². The van der Waals surface area contributed by atoms with Crippen LogP contribution in [0.2, 0.25) is 0 Å². The lowest BCUT2D eigenvalue weighted by atomic mass is 10.1. The van der Waals surface area contributed by atoms with Gasteiger partial charge in [-0.25, -0.2) is 0 Å². The van der Waals surface area contributed by atoms with Gasteiger partial charge < -0.3 is 9.84 Å². The van der Waals surface area contributed by atoms with Gasteiger partial charge in [0.2, 0.25) is 5.89 Å². The van der Waals surface area contributed by atoms with Crippen molar-refractivity contribution in [2.75, 3.05) is 6.54 Å². The van der Waals surface area contributed by atoms with E-state index in [0.717, 1.165) is 13.0 Å². The predicted molar refractivity (Wildman–Crippen MR) is 55.0 cm³/mol. The number of nitrogens with zero attached hydrogens (tertiary/aromatic N) is 2. The van der Waals surface area contributed by atoms with Crippen LogP contribution in [0.1, 0.15) is 39.0 Å². The molecule has 1 heterocycles. The molecule has 0 saturated carbocycles. The highest BCUT2D eigenvalue weighted by molar-refractivity contribution is 4.76. The van der Waals surface area contributed by atoms with Crippen LogP contribution < -0.4 is 5.32 Å². The van der Waals surface area contributed by atoms with Gasteiger partial charge in [0.05, 0.1) is 0 Å². The van der Waals surface area contributed by atoms with Gasteiger partial charge in [0.15, 0.2) is 6.33 Å². The lowest BCUT2D eigenvalue weighted by Crippen LogP contribution is -2.30. The van der Waals surface area contributed by atoms with Gasteiger partial charge in [0, 0.05) is 19.0 Å². The second-order valence-corrected chi connectivity index (χ2v) is 3.43. The molecule has 1 aromatic rings. The number of rotatable bonds is 7. The van der Waals surface area contributed by atoms with Gasteiger partial charge >= 0.3 is 0 Å². The summed E-state index contributed by atoms with van der Waals surface area (Å²) in [6.45, 7) is 5.34. The Bertz CT molecular complexity index is 223. The summed E-state index contributed by atoms with van der Waals surface area (Å²) in [6.07, 6.45) is 5.91. The lowest BCUT2D eigenvalue weighted by molar-refractivity contribution is 0.368. The third kappa shape index (κ3) is 3.87. The van der Waals surface area contributed by atoms with Crippen LogP contribution in [-0.2, 0) is 6.42 Å². The third-order valence-electron chi connectivity index (χ3n) is 2.31. The molecule has 1 aromatic heterocycles. The fourth-order valence-corrected chi connectivity index (χ4v) is 1.49. The summed E-state index contributed by atoms with van der Waals surface area (Å²) < 4.78 is 4.91. The van der Waals surface area contributed by atoms with E-state index in [9.17, 15) is 0 Å². The van der Waals surface area contributed by atoms with E-state index in [0.29, 0.717) is 11.9 Å². The molecule has 0 fully saturated rings. The molecule has 0 radical (unpaired) electrons. The minimum absolute atomic E-state index is 0.628. The molecule has 80 valence electrons. The third-order valence-corrected chi connectivity index (χ3v) is 2.31. The Hall–Kier alpha value is -0.900. The quantitative estimate of drug-likeness (QED) is 0.724. The normalized spacial score (nSPS) is 13.0. The number of aromatic nitrogens is 2. The monoisotopic (exact) mass is 197 g/mol. The Morgan fingerprint density at radius 2 is 2.36 bits per heavy atom. The Kier molecular flexibility index (Phi) is 5.22. The van der Waals surface area contributed by atoms with Crippen LogP contribution in [0.25, 0.3) is 0 Å². The van der Waals surface area contributed by atoms with Crippen LogP contribution in [0.15, 0.2) is 10.9 Å². The molecular formula is C10H19N3O. The topological polar surface area (TPSA) is 51.0 Å². The zero-order valence-corrected chi connectivity index (χ0v) is 8.99. The minimum Gasteiger partial charge on any atom is -0.340 e. The highest BCUT2D eigenvalue weighted by Gasteiger charge is 2.04. The largest absolute Gasteiger partial charge is 0.340 e. The van der Waals surface area contributed by atoms with E-state index >= 15 is 0 Å². The second-order valence-electron chi connectivity index (χ2n) is 3.43. The molecule has 0 bridgehead atoms. The van der Waals surface area contributed by atoms with Crippen molar-refractivity contribution in [1.82, 2.24) is 15.5 Å². The molecule has 4 nitrogen and oxygen atoms in total. The van der Waals surface area contributed by atoms with Gasteiger partial charge in [-0.1, -0.05) is 25.4 Å². The lowest BCUT2D eigenvalue weighted by Gasteiger charge is -2.14. The summed E-state index contributed by atoms with van der Waals surface area (Å²) in [6, 6.07) is 0.628.